The second kappa shape index (κ2) is 13.7. The maximum absolute atomic E-state index is 3.85. The molecule has 7 rings (SSSR count). The van der Waals surface area contributed by atoms with Gasteiger partial charge in [0.1, 0.15) is 0 Å². The summed E-state index contributed by atoms with van der Waals surface area (Å²) in [7, 11) is 0. The zero-order valence-corrected chi connectivity index (χ0v) is 30.2. The van der Waals surface area contributed by atoms with Crippen molar-refractivity contribution in [2.24, 2.45) is 0 Å². The molecule has 244 valence electrons. The third-order valence-electron chi connectivity index (χ3n) is 11.1. The second-order valence-electron chi connectivity index (χ2n) is 13.2. The Bertz CT molecular complexity index is 1860. The van der Waals surface area contributed by atoms with Crippen LogP contribution in [0.25, 0.3) is 0 Å². The van der Waals surface area contributed by atoms with Gasteiger partial charge in [-0.25, -0.2) is 0 Å². The third-order valence-corrected chi connectivity index (χ3v) is 34.7. The molecule has 0 N–H and O–H groups in total. The molecule has 0 amide bonds. The van der Waals surface area contributed by atoms with E-state index < -0.39 is 12.6 Å². The summed E-state index contributed by atoms with van der Waals surface area (Å²) in [6.07, 6.45) is -3.49. The Balaban J connectivity index is 1.97. The first-order valence-electron chi connectivity index (χ1n) is 17.6. The Hall–Kier alpha value is -4.60. The summed E-state index contributed by atoms with van der Waals surface area (Å²) in [5.41, 5.74) is 1.37. The van der Waals surface area contributed by atoms with E-state index in [2.05, 4.69) is 219 Å². The van der Waals surface area contributed by atoms with Gasteiger partial charge in [0.2, 0.25) is 0 Å². The molecule has 49 heavy (non-hydrogen) atoms. The summed E-state index contributed by atoms with van der Waals surface area (Å²) in [5, 5.41) is 8.72. The normalized spacial score (nSPS) is 13.4. The van der Waals surface area contributed by atoms with Gasteiger partial charge in [0.15, 0.2) is 0 Å². The van der Waals surface area contributed by atoms with Crippen molar-refractivity contribution in [1.29, 1.82) is 0 Å². The van der Waals surface area contributed by atoms with Crippen molar-refractivity contribution < 1.29 is 0 Å². The number of benzene rings is 7. The van der Waals surface area contributed by atoms with E-state index >= 15 is 0 Å². The molecule has 7 aromatic rings. The number of hydrogen-bond acceptors (Lipinski definition) is 0. The molecule has 0 aliphatic carbocycles. The fraction of sp³-hybridized carbons (Fsp3) is 0.106. The van der Waals surface area contributed by atoms with Gasteiger partial charge in [-0.15, -0.1) is 0 Å². The van der Waals surface area contributed by atoms with Crippen LogP contribution in [0.1, 0.15) is 25.3 Å². The van der Waals surface area contributed by atoms with E-state index in [1.165, 1.54) is 37.4 Å². The minimum atomic E-state index is -3.85. The molecule has 0 unspecified atom stereocenters. The Labute approximate surface area is 293 Å². The van der Waals surface area contributed by atoms with E-state index in [1.807, 2.05) is 0 Å². The average Bonchev–Trinajstić information content (AvgIpc) is 3.20. The zero-order chi connectivity index (χ0) is 33.5. The molecule has 0 radical (unpaired) electrons. The first kappa shape index (κ1) is 32.9. The average molecular weight is 673 g/mol. The van der Waals surface area contributed by atoms with Gasteiger partial charge < -0.3 is 0 Å². The first-order valence-corrected chi connectivity index (χ1v) is 23.2. The molecule has 0 fully saturated rings. The van der Waals surface area contributed by atoms with E-state index in [0.717, 1.165) is 25.2 Å². The van der Waals surface area contributed by atoms with Crippen molar-refractivity contribution in [1.82, 2.24) is 0 Å². The van der Waals surface area contributed by atoms with Crippen molar-refractivity contribution in [3.63, 3.8) is 0 Å². The van der Waals surface area contributed by atoms with Gasteiger partial charge in [-0.1, -0.05) is 0 Å². The summed E-state index contributed by atoms with van der Waals surface area (Å²) in [5.74, 6) is 0. The number of unbranched alkanes of at least 4 members (excludes halogenated alkanes) is 1. The molecule has 2 heteroatoms. The standard InChI is InChI=1S/C47H46P2/c1-2-3-39-48(42-27-13-5-14-28-42,43-29-15-6-16-30-43,44-31-17-7-18-32-44)49(45-33-19-8-20-34-45,46-35-21-9-22-36-46,47-37-23-10-24-38-47)40-41-25-11-4-12-26-41/h4-38H,2-3,39-40H2,1H3. The van der Waals surface area contributed by atoms with Crippen LogP contribution >= 0.6 is 12.6 Å². The number of hydrogen-bond donors (Lipinski definition) is 0. The third kappa shape index (κ3) is 4.58. The van der Waals surface area contributed by atoms with Crippen molar-refractivity contribution >= 4 is 44.4 Å². The van der Waals surface area contributed by atoms with Crippen LogP contribution in [0.4, 0.5) is 0 Å². The van der Waals surface area contributed by atoms with E-state index in [0.29, 0.717) is 0 Å². The van der Waals surface area contributed by atoms with Gasteiger partial charge >= 0.3 is 294 Å². The molecule has 7 aromatic carbocycles. The fourth-order valence-electron chi connectivity index (χ4n) is 9.36. The molecule has 0 atom stereocenters. The van der Waals surface area contributed by atoms with E-state index in [4.69, 9.17) is 0 Å². The summed E-state index contributed by atoms with van der Waals surface area (Å²) in [6, 6.07) is 82.0. The summed E-state index contributed by atoms with van der Waals surface area (Å²) < 4.78 is 0. The van der Waals surface area contributed by atoms with Crippen LogP contribution in [-0.4, -0.2) is 6.16 Å². The van der Waals surface area contributed by atoms with Crippen LogP contribution in [0, 0.1) is 0 Å². The molecule has 0 heterocycles. The van der Waals surface area contributed by atoms with Gasteiger partial charge in [0.25, 0.3) is 0 Å². The van der Waals surface area contributed by atoms with Gasteiger partial charge in [-0.2, -0.15) is 0 Å². The quantitative estimate of drug-likeness (QED) is 0.113. The summed E-state index contributed by atoms with van der Waals surface area (Å²) in [6.45, 7) is 2.37. The van der Waals surface area contributed by atoms with Gasteiger partial charge in [0, 0.05) is 0 Å². The Kier molecular flexibility index (Phi) is 9.22. The van der Waals surface area contributed by atoms with Crippen molar-refractivity contribution in [3.05, 3.63) is 218 Å². The molecule has 0 aromatic heterocycles. The monoisotopic (exact) mass is 672 g/mol. The van der Waals surface area contributed by atoms with Crippen LogP contribution in [-0.2, 0) is 6.16 Å². The first-order chi connectivity index (χ1) is 24.2. The molecule has 0 bridgehead atoms. The van der Waals surface area contributed by atoms with Gasteiger partial charge in [-0.05, 0) is 0 Å². The van der Waals surface area contributed by atoms with Gasteiger partial charge in [0.05, 0.1) is 0 Å². The molecule has 0 saturated carbocycles. The molecular formula is C47H46P2. The molecule has 0 saturated heterocycles. The predicted octanol–water partition coefficient (Wildman–Crippen LogP) is 9.96. The van der Waals surface area contributed by atoms with Crippen LogP contribution in [0.2, 0.25) is 0 Å². The molecule has 0 aliphatic heterocycles. The van der Waals surface area contributed by atoms with E-state index in [1.54, 1.807) is 0 Å². The molecule has 0 spiro atoms. The van der Waals surface area contributed by atoms with Crippen molar-refractivity contribution in [3.8, 4) is 0 Å². The van der Waals surface area contributed by atoms with Gasteiger partial charge in [-0.3, -0.25) is 0 Å². The van der Waals surface area contributed by atoms with E-state index in [-0.39, 0.29) is 0 Å². The summed E-state index contributed by atoms with van der Waals surface area (Å²) in [4.78, 5) is 0. The summed E-state index contributed by atoms with van der Waals surface area (Å²) >= 11 is 0. The van der Waals surface area contributed by atoms with Crippen LogP contribution in [0.5, 0.6) is 0 Å². The minimum absolute atomic E-state index is 0.894. The SMILES string of the molecule is CCCCP(c1ccccc1)(c1ccccc1)(c1ccccc1)P(Cc1ccccc1)(c1ccccc1)(c1ccccc1)c1ccccc1. The molecule has 0 aliphatic rings. The Morgan fingerprint density at radius 1 is 0.306 bits per heavy atom. The van der Waals surface area contributed by atoms with Crippen LogP contribution in [0.3, 0.4) is 0 Å². The van der Waals surface area contributed by atoms with Crippen LogP contribution < -0.4 is 31.8 Å². The Morgan fingerprint density at radius 3 is 0.816 bits per heavy atom. The topological polar surface area (TPSA) is 0 Å². The fourth-order valence-corrected chi connectivity index (χ4v) is 37.8. The van der Waals surface area contributed by atoms with Crippen molar-refractivity contribution in [2.45, 2.75) is 25.9 Å². The molecular weight excluding hydrogens is 626 g/mol. The molecule has 0 nitrogen and oxygen atoms in total. The second-order valence-corrected chi connectivity index (χ2v) is 27.4. The van der Waals surface area contributed by atoms with E-state index in [9.17, 15) is 0 Å². The Morgan fingerprint density at radius 2 is 0.551 bits per heavy atom. The predicted molar refractivity (Wildman–Crippen MR) is 220 cm³/mol. The van der Waals surface area contributed by atoms with Crippen LogP contribution in [0.15, 0.2) is 212 Å². The number of rotatable bonds is 12. The maximum atomic E-state index is 2.49. The van der Waals surface area contributed by atoms with Crippen molar-refractivity contribution in [2.75, 3.05) is 6.16 Å². The zero-order valence-electron chi connectivity index (χ0n) is 28.4.